The van der Waals surface area contributed by atoms with Gasteiger partial charge in [0.2, 0.25) is 5.91 Å². The quantitative estimate of drug-likeness (QED) is 0.595. The van der Waals surface area contributed by atoms with Gasteiger partial charge in [0.05, 0.1) is 0 Å². The average Bonchev–Trinajstić information content (AvgIpc) is 2.61. The van der Waals surface area contributed by atoms with Gasteiger partial charge in [0.15, 0.2) is 0 Å². The minimum atomic E-state index is -0.0368. The van der Waals surface area contributed by atoms with Crippen molar-refractivity contribution in [3.05, 3.63) is 72.3 Å². The first kappa shape index (κ1) is 16.8. The zero-order valence-corrected chi connectivity index (χ0v) is 13.6. The Morgan fingerprint density at radius 1 is 1.00 bits per heavy atom. The fourth-order valence-corrected chi connectivity index (χ4v) is 2.29. The van der Waals surface area contributed by atoms with Crippen LogP contribution in [0.4, 0.5) is 5.69 Å². The highest BCUT2D eigenvalue weighted by Gasteiger charge is 2.00. The van der Waals surface area contributed by atoms with Gasteiger partial charge in [-0.1, -0.05) is 48.5 Å². The third kappa shape index (κ3) is 6.39. The summed E-state index contributed by atoms with van der Waals surface area (Å²) in [5.74, 6) is -0.0368. The Morgan fingerprint density at radius 3 is 2.35 bits per heavy atom. The van der Waals surface area contributed by atoms with Crippen molar-refractivity contribution in [3.8, 4) is 0 Å². The Morgan fingerprint density at radius 2 is 1.65 bits per heavy atom. The molecule has 120 valence electrons. The summed E-state index contributed by atoms with van der Waals surface area (Å²) >= 11 is 0. The maximum atomic E-state index is 11.7. The minimum absolute atomic E-state index is 0.0368. The summed E-state index contributed by atoms with van der Waals surface area (Å²) in [6.07, 6.45) is 5.44. The number of hydrogen-bond acceptors (Lipinski definition) is 2. The van der Waals surface area contributed by atoms with Crippen molar-refractivity contribution in [2.24, 2.45) is 0 Å². The summed E-state index contributed by atoms with van der Waals surface area (Å²) in [6, 6.07) is 20.2. The Bertz CT molecular complexity index is 608. The van der Waals surface area contributed by atoms with E-state index in [1.54, 1.807) is 6.08 Å². The van der Waals surface area contributed by atoms with E-state index in [0.29, 0.717) is 6.54 Å². The predicted octanol–water partition coefficient (Wildman–Crippen LogP) is 3.73. The van der Waals surface area contributed by atoms with Crippen LogP contribution in [0, 0.1) is 0 Å². The number of unbranched alkanes of at least 4 members (excludes halogenated alkanes) is 1. The molecular weight excluding hydrogens is 284 g/mol. The summed E-state index contributed by atoms with van der Waals surface area (Å²) in [4.78, 5) is 14.0. The van der Waals surface area contributed by atoms with Gasteiger partial charge in [-0.05, 0) is 36.6 Å². The van der Waals surface area contributed by atoms with Crippen molar-refractivity contribution in [1.82, 2.24) is 5.32 Å². The molecule has 0 heterocycles. The van der Waals surface area contributed by atoms with Crippen molar-refractivity contribution in [1.29, 1.82) is 0 Å². The molecule has 2 rings (SSSR count). The van der Waals surface area contributed by atoms with Crippen LogP contribution in [0.25, 0.3) is 6.08 Å². The number of para-hydroxylation sites is 1. The topological polar surface area (TPSA) is 32.3 Å². The fourth-order valence-electron chi connectivity index (χ4n) is 2.29. The standard InChI is InChI=1S/C20H24N2O/c1-22(19-12-6-3-7-13-19)17-9-8-16-21-20(23)15-14-18-10-4-2-5-11-18/h2-7,10-15H,8-9,16-17H2,1H3,(H,21,23)/b15-14+. The van der Waals surface area contributed by atoms with Crippen LogP contribution >= 0.6 is 0 Å². The van der Waals surface area contributed by atoms with Gasteiger partial charge in [-0.3, -0.25) is 4.79 Å². The van der Waals surface area contributed by atoms with E-state index in [1.807, 2.05) is 54.6 Å². The lowest BCUT2D eigenvalue weighted by atomic mass is 10.2. The fraction of sp³-hybridized carbons (Fsp3) is 0.250. The molecule has 0 spiro atoms. The zero-order valence-electron chi connectivity index (χ0n) is 13.6. The van der Waals surface area contributed by atoms with Crippen LogP contribution in [0.2, 0.25) is 0 Å². The minimum Gasteiger partial charge on any atom is -0.375 e. The van der Waals surface area contributed by atoms with Crippen molar-refractivity contribution >= 4 is 17.7 Å². The third-order valence-corrected chi connectivity index (χ3v) is 3.64. The molecule has 0 aliphatic heterocycles. The highest BCUT2D eigenvalue weighted by molar-refractivity contribution is 5.91. The highest BCUT2D eigenvalue weighted by Crippen LogP contribution is 2.11. The Balaban J connectivity index is 1.60. The van der Waals surface area contributed by atoms with Crippen molar-refractivity contribution in [2.75, 3.05) is 25.0 Å². The number of benzene rings is 2. The van der Waals surface area contributed by atoms with Gasteiger partial charge >= 0.3 is 0 Å². The van der Waals surface area contributed by atoms with E-state index in [9.17, 15) is 4.79 Å². The third-order valence-electron chi connectivity index (χ3n) is 3.64. The first-order valence-corrected chi connectivity index (χ1v) is 8.03. The summed E-state index contributed by atoms with van der Waals surface area (Å²) in [5.41, 5.74) is 2.26. The summed E-state index contributed by atoms with van der Waals surface area (Å²) in [5, 5.41) is 2.92. The average molecular weight is 308 g/mol. The Kier molecular flexibility index (Phi) is 6.92. The van der Waals surface area contributed by atoms with Gasteiger partial charge < -0.3 is 10.2 Å². The second kappa shape index (κ2) is 9.46. The molecule has 0 unspecified atom stereocenters. The van der Waals surface area contributed by atoms with Crippen LogP contribution in [0.5, 0.6) is 0 Å². The van der Waals surface area contributed by atoms with E-state index >= 15 is 0 Å². The van der Waals surface area contributed by atoms with Crippen LogP contribution in [-0.2, 0) is 4.79 Å². The van der Waals surface area contributed by atoms with Gasteiger partial charge in [-0.15, -0.1) is 0 Å². The highest BCUT2D eigenvalue weighted by atomic mass is 16.1. The first-order valence-electron chi connectivity index (χ1n) is 8.03. The van der Waals surface area contributed by atoms with Crippen LogP contribution in [0.1, 0.15) is 18.4 Å². The molecule has 0 fully saturated rings. The SMILES string of the molecule is CN(CCCCNC(=O)/C=C/c1ccccc1)c1ccccc1. The van der Waals surface area contributed by atoms with Gasteiger partial charge in [0.25, 0.3) is 0 Å². The summed E-state index contributed by atoms with van der Waals surface area (Å²) in [7, 11) is 2.09. The van der Waals surface area contributed by atoms with Gasteiger partial charge in [-0.25, -0.2) is 0 Å². The molecular formula is C20H24N2O. The number of nitrogens with zero attached hydrogens (tertiary/aromatic N) is 1. The van der Waals surface area contributed by atoms with Crippen LogP contribution in [0.3, 0.4) is 0 Å². The molecule has 3 nitrogen and oxygen atoms in total. The smallest absolute Gasteiger partial charge is 0.243 e. The number of carbonyl (C=O) groups is 1. The zero-order chi connectivity index (χ0) is 16.3. The molecule has 0 saturated carbocycles. The number of nitrogens with one attached hydrogen (secondary N) is 1. The van der Waals surface area contributed by atoms with E-state index in [4.69, 9.17) is 0 Å². The molecule has 0 atom stereocenters. The molecule has 23 heavy (non-hydrogen) atoms. The van der Waals surface area contributed by atoms with Crippen LogP contribution < -0.4 is 10.2 Å². The molecule has 2 aromatic carbocycles. The molecule has 0 aromatic heterocycles. The lowest BCUT2D eigenvalue weighted by Gasteiger charge is -2.18. The number of anilines is 1. The molecule has 3 heteroatoms. The lowest BCUT2D eigenvalue weighted by Crippen LogP contribution is -2.24. The Hall–Kier alpha value is -2.55. The van der Waals surface area contributed by atoms with Gasteiger partial charge in [0, 0.05) is 31.9 Å². The molecule has 0 aliphatic carbocycles. The van der Waals surface area contributed by atoms with Crippen LogP contribution in [0.15, 0.2) is 66.7 Å². The first-order chi connectivity index (χ1) is 11.3. The molecule has 0 bridgehead atoms. The van der Waals surface area contributed by atoms with E-state index in [-0.39, 0.29) is 5.91 Å². The molecule has 0 radical (unpaired) electrons. The monoisotopic (exact) mass is 308 g/mol. The molecule has 1 N–H and O–H groups in total. The normalized spacial score (nSPS) is 10.7. The maximum Gasteiger partial charge on any atom is 0.243 e. The molecule has 0 aliphatic rings. The second-order valence-electron chi connectivity index (χ2n) is 5.50. The summed E-state index contributed by atoms with van der Waals surface area (Å²) in [6.45, 7) is 1.69. The van der Waals surface area contributed by atoms with E-state index in [0.717, 1.165) is 24.9 Å². The largest absolute Gasteiger partial charge is 0.375 e. The molecule has 0 saturated heterocycles. The predicted molar refractivity (Wildman–Crippen MR) is 97.4 cm³/mol. The Labute approximate surface area is 138 Å². The van der Waals surface area contributed by atoms with E-state index < -0.39 is 0 Å². The molecule has 1 amide bonds. The summed E-state index contributed by atoms with van der Waals surface area (Å²) < 4.78 is 0. The maximum absolute atomic E-state index is 11.7. The number of rotatable bonds is 8. The number of hydrogen-bond donors (Lipinski definition) is 1. The number of carbonyl (C=O) groups excluding carboxylic acids is 1. The van der Waals surface area contributed by atoms with Gasteiger partial charge in [0.1, 0.15) is 0 Å². The van der Waals surface area contributed by atoms with E-state index in [2.05, 4.69) is 29.4 Å². The molecule has 2 aromatic rings. The lowest BCUT2D eigenvalue weighted by molar-refractivity contribution is -0.116. The number of amides is 1. The van der Waals surface area contributed by atoms with E-state index in [1.165, 1.54) is 5.69 Å². The van der Waals surface area contributed by atoms with Crippen molar-refractivity contribution in [2.45, 2.75) is 12.8 Å². The second-order valence-corrected chi connectivity index (χ2v) is 5.50. The van der Waals surface area contributed by atoms with Crippen LogP contribution in [-0.4, -0.2) is 26.0 Å². The van der Waals surface area contributed by atoms with Gasteiger partial charge in [-0.2, -0.15) is 0 Å². The van der Waals surface area contributed by atoms with Crippen molar-refractivity contribution in [3.63, 3.8) is 0 Å². The van der Waals surface area contributed by atoms with Crippen molar-refractivity contribution < 1.29 is 4.79 Å².